The molecule has 1 amide bonds. The first-order valence-electron chi connectivity index (χ1n) is 7.24. The van der Waals surface area contributed by atoms with E-state index >= 15 is 0 Å². The number of aromatic nitrogens is 2. The molecule has 2 aromatic rings. The number of likely N-dealkylation sites (N-methyl/N-ethyl adjacent to an activating group) is 1. The fourth-order valence-corrected chi connectivity index (χ4v) is 2.82. The van der Waals surface area contributed by atoms with Crippen molar-refractivity contribution < 1.29 is 4.79 Å². The highest BCUT2D eigenvalue weighted by Crippen LogP contribution is 2.34. The van der Waals surface area contributed by atoms with Gasteiger partial charge in [0.1, 0.15) is 6.54 Å². The van der Waals surface area contributed by atoms with E-state index in [1.54, 1.807) is 17.9 Å². The third kappa shape index (κ3) is 2.91. The van der Waals surface area contributed by atoms with Crippen molar-refractivity contribution in [1.29, 1.82) is 0 Å². The molecule has 21 heavy (non-hydrogen) atoms. The lowest BCUT2D eigenvalue weighted by molar-refractivity contribution is -0.121. The highest BCUT2D eigenvalue weighted by molar-refractivity contribution is 5.75. The Hall–Kier alpha value is -2.30. The lowest BCUT2D eigenvalue weighted by atomic mass is 10.1. The Balaban J connectivity index is 1.71. The topological polar surface area (TPSA) is 59.0 Å². The summed E-state index contributed by atoms with van der Waals surface area (Å²) < 4.78 is 1.65. The molecule has 1 aromatic heterocycles. The van der Waals surface area contributed by atoms with Gasteiger partial charge in [0.2, 0.25) is 5.91 Å². The van der Waals surface area contributed by atoms with E-state index in [0.717, 1.165) is 18.5 Å². The van der Waals surface area contributed by atoms with Gasteiger partial charge in [0.25, 0.3) is 0 Å². The molecule has 1 aliphatic carbocycles. The number of carbonyl (C=O) groups is 1. The van der Waals surface area contributed by atoms with E-state index < -0.39 is 0 Å². The summed E-state index contributed by atoms with van der Waals surface area (Å²) in [7, 11) is 1.63. The number of fused-ring (bicyclic) bond motifs is 1. The zero-order valence-electron chi connectivity index (χ0n) is 12.4. The molecule has 3 rings (SSSR count). The first-order valence-corrected chi connectivity index (χ1v) is 7.24. The second-order valence-electron chi connectivity index (χ2n) is 5.54. The number of amides is 1. The largest absolute Gasteiger partial charge is 0.376 e. The predicted molar refractivity (Wildman–Crippen MR) is 82.2 cm³/mol. The van der Waals surface area contributed by atoms with Crippen LogP contribution in [0.5, 0.6) is 0 Å². The number of benzene rings is 1. The molecule has 5 heteroatoms. The molecule has 0 bridgehead atoms. The van der Waals surface area contributed by atoms with Crippen LogP contribution < -0.4 is 10.6 Å². The predicted octanol–water partition coefficient (Wildman–Crippen LogP) is 2.04. The van der Waals surface area contributed by atoms with Crippen LogP contribution >= 0.6 is 0 Å². The maximum atomic E-state index is 11.3. The molecular weight excluding hydrogens is 264 g/mol. The van der Waals surface area contributed by atoms with Crippen LogP contribution in [0.4, 0.5) is 5.69 Å². The average Bonchev–Trinajstić information content (AvgIpc) is 3.07. The summed E-state index contributed by atoms with van der Waals surface area (Å²) in [6.45, 7) is 2.37. The van der Waals surface area contributed by atoms with E-state index in [2.05, 4.69) is 40.9 Å². The van der Waals surface area contributed by atoms with Gasteiger partial charge in [0.05, 0.1) is 17.9 Å². The molecule has 0 radical (unpaired) electrons. The summed E-state index contributed by atoms with van der Waals surface area (Å²) in [4.78, 5) is 11.3. The van der Waals surface area contributed by atoms with Gasteiger partial charge >= 0.3 is 0 Å². The molecule has 1 heterocycles. The van der Waals surface area contributed by atoms with Crippen molar-refractivity contribution in [1.82, 2.24) is 15.1 Å². The summed E-state index contributed by atoms with van der Waals surface area (Å²) in [6.07, 6.45) is 5.86. The average molecular weight is 284 g/mol. The number of carbonyl (C=O) groups excluding carboxylic acids is 1. The number of nitrogens with one attached hydrogen (secondary N) is 2. The number of nitrogens with zero attached hydrogens (tertiary/aromatic N) is 2. The third-order valence-electron chi connectivity index (χ3n) is 3.94. The van der Waals surface area contributed by atoms with Crippen molar-refractivity contribution >= 4 is 11.6 Å². The first kappa shape index (κ1) is 13.7. The van der Waals surface area contributed by atoms with Gasteiger partial charge in [-0.3, -0.25) is 9.48 Å². The molecule has 0 aliphatic heterocycles. The van der Waals surface area contributed by atoms with E-state index in [1.165, 1.54) is 16.7 Å². The Kier molecular flexibility index (Phi) is 3.64. The van der Waals surface area contributed by atoms with E-state index in [0.29, 0.717) is 6.04 Å². The molecule has 5 nitrogen and oxygen atoms in total. The van der Waals surface area contributed by atoms with Gasteiger partial charge < -0.3 is 10.6 Å². The van der Waals surface area contributed by atoms with Crippen LogP contribution in [0.15, 0.2) is 30.6 Å². The van der Waals surface area contributed by atoms with Crippen LogP contribution in [0.25, 0.3) is 0 Å². The smallest absolute Gasteiger partial charge is 0.241 e. The molecule has 110 valence electrons. The maximum Gasteiger partial charge on any atom is 0.241 e. The molecule has 1 aromatic carbocycles. The number of hydrogen-bond acceptors (Lipinski definition) is 3. The van der Waals surface area contributed by atoms with Crippen LogP contribution in [0.2, 0.25) is 0 Å². The molecule has 0 spiro atoms. The van der Waals surface area contributed by atoms with Gasteiger partial charge in [-0.05, 0) is 30.9 Å². The van der Waals surface area contributed by atoms with Crippen molar-refractivity contribution in [2.75, 3.05) is 12.4 Å². The highest BCUT2D eigenvalue weighted by atomic mass is 16.1. The molecule has 0 fully saturated rings. The molecule has 1 aliphatic rings. The summed E-state index contributed by atoms with van der Waals surface area (Å²) in [5.41, 5.74) is 5.06. The van der Waals surface area contributed by atoms with Crippen LogP contribution in [0, 0.1) is 6.92 Å². The van der Waals surface area contributed by atoms with Crippen LogP contribution in [-0.2, 0) is 17.8 Å². The lowest BCUT2D eigenvalue weighted by Crippen LogP contribution is -2.23. The Morgan fingerprint density at radius 2 is 2.33 bits per heavy atom. The standard InChI is InChI=1S/C16H20N4O/c1-11-3-4-12-5-6-15(14(12)7-11)19-13-8-18-20(9-13)10-16(21)17-2/h3-4,7-9,15,19H,5-6,10H2,1-2H3,(H,17,21). The lowest BCUT2D eigenvalue weighted by Gasteiger charge is -2.14. The van der Waals surface area contributed by atoms with Gasteiger partial charge in [0.15, 0.2) is 0 Å². The van der Waals surface area contributed by atoms with Gasteiger partial charge in [-0.15, -0.1) is 0 Å². The number of rotatable bonds is 4. The zero-order chi connectivity index (χ0) is 14.8. The van der Waals surface area contributed by atoms with E-state index in [-0.39, 0.29) is 12.5 Å². The fourth-order valence-electron chi connectivity index (χ4n) is 2.82. The van der Waals surface area contributed by atoms with Gasteiger partial charge in [-0.2, -0.15) is 5.10 Å². The minimum Gasteiger partial charge on any atom is -0.376 e. The summed E-state index contributed by atoms with van der Waals surface area (Å²) in [5, 5.41) is 10.3. The maximum absolute atomic E-state index is 11.3. The zero-order valence-corrected chi connectivity index (χ0v) is 12.4. The van der Waals surface area contributed by atoms with E-state index in [9.17, 15) is 4.79 Å². The normalized spacial score (nSPS) is 16.6. The number of anilines is 1. The summed E-state index contributed by atoms with van der Waals surface area (Å²) in [6, 6.07) is 6.98. The van der Waals surface area contributed by atoms with Crippen LogP contribution in [-0.4, -0.2) is 22.7 Å². The minimum absolute atomic E-state index is 0.0495. The van der Waals surface area contributed by atoms with Gasteiger partial charge in [-0.25, -0.2) is 0 Å². The molecule has 0 saturated heterocycles. The van der Waals surface area contributed by atoms with Gasteiger partial charge in [-0.1, -0.05) is 23.8 Å². The Bertz CT molecular complexity index is 662. The monoisotopic (exact) mass is 284 g/mol. The Labute approximate surface area is 124 Å². The van der Waals surface area contributed by atoms with Crippen LogP contribution in [0.1, 0.15) is 29.2 Å². The number of aryl methyl sites for hydroxylation is 2. The fraction of sp³-hybridized carbons (Fsp3) is 0.375. The molecule has 2 N–H and O–H groups in total. The SMILES string of the molecule is CNC(=O)Cn1cc(NC2CCc3ccc(C)cc32)cn1. The Morgan fingerprint density at radius 3 is 3.14 bits per heavy atom. The third-order valence-corrected chi connectivity index (χ3v) is 3.94. The second kappa shape index (κ2) is 5.60. The highest BCUT2D eigenvalue weighted by Gasteiger charge is 2.22. The molecule has 1 unspecified atom stereocenters. The summed E-state index contributed by atoms with van der Waals surface area (Å²) in [5.74, 6) is -0.0495. The molecular formula is C16H20N4O. The van der Waals surface area contributed by atoms with Crippen molar-refractivity contribution in [3.05, 3.63) is 47.3 Å². The van der Waals surface area contributed by atoms with Gasteiger partial charge in [0, 0.05) is 13.2 Å². The van der Waals surface area contributed by atoms with Crippen molar-refractivity contribution in [3.8, 4) is 0 Å². The van der Waals surface area contributed by atoms with E-state index in [4.69, 9.17) is 0 Å². The second-order valence-corrected chi connectivity index (χ2v) is 5.54. The van der Waals surface area contributed by atoms with Crippen molar-refractivity contribution in [2.24, 2.45) is 0 Å². The van der Waals surface area contributed by atoms with E-state index in [1.807, 2.05) is 6.20 Å². The van der Waals surface area contributed by atoms with Crippen molar-refractivity contribution in [3.63, 3.8) is 0 Å². The quantitative estimate of drug-likeness (QED) is 0.903. The first-order chi connectivity index (χ1) is 10.2. The minimum atomic E-state index is -0.0495. The van der Waals surface area contributed by atoms with Crippen LogP contribution in [0.3, 0.4) is 0 Å². The Morgan fingerprint density at radius 1 is 1.48 bits per heavy atom. The molecule has 1 atom stereocenters. The summed E-state index contributed by atoms with van der Waals surface area (Å²) >= 11 is 0. The number of hydrogen-bond donors (Lipinski definition) is 2. The molecule has 0 saturated carbocycles. The van der Waals surface area contributed by atoms with Crippen molar-refractivity contribution in [2.45, 2.75) is 32.4 Å².